The summed E-state index contributed by atoms with van der Waals surface area (Å²) in [6.07, 6.45) is -0.580. The number of nitrogens with two attached hydrogens (primary N) is 1. The van der Waals surface area contributed by atoms with Gasteiger partial charge in [-0.3, -0.25) is 19.2 Å². The Kier molecular flexibility index (Phi) is 10.7. The molecule has 132 valence electrons. The van der Waals surface area contributed by atoms with Gasteiger partial charge in [0.25, 0.3) is 0 Å². The van der Waals surface area contributed by atoms with E-state index in [9.17, 15) is 19.2 Å². The molecule has 0 heterocycles. The minimum Gasteiger partial charge on any atom is -0.481 e. The van der Waals surface area contributed by atoms with Crippen LogP contribution in [-0.2, 0) is 19.2 Å². The average molecular weight is 349 g/mol. The van der Waals surface area contributed by atoms with Crippen LogP contribution in [0.2, 0.25) is 0 Å². The summed E-state index contributed by atoms with van der Waals surface area (Å²) >= 11 is 3.92. The highest BCUT2D eigenvalue weighted by Gasteiger charge is 2.25. The molecule has 0 aromatic rings. The van der Waals surface area contributed by atoms with E-state index >= 15 is 0 Å². The zero-order valence-corrected chi connectivity index (χ0v) is 13.7. The Labute approximate surface area is 139 Å². The molecule has 7 N–H and O–H groups in total. The monoisotopic (exact) mass is 349 g/mol. The van der Waals surface area contributed by atoms with Gasteiger partial charge in [-0.1, -0.05) is 0 Å². The van der Waals surface area contributed by atoms with Crippen LogP contribution in [0.4, 0.5) is 0 Å². The summed E-state index contributed by atoms with van der Waals surface area (Å²) in [6.45, 7) is 0.173. The lowest BCUT2D eigenvalue weighted by atomic mass is 10.1. The number of carboxylic acid groups (broad SMARTS) is 1. The van der Waals surface area contributed by atoms with E-state index in [1.807, 2.05) is 0 Å². The van der Waals surface area contributed by atoms with E-state index in [1.165, 1.54) is 0 Å². The van der Waals surface area contributed by atoms with E-state index in [2.05, 4.69) is 33.9 Å². The Morgan fingerprint density at radius 2 is 1.83 bits per heavy atom. The normalized spacial score (nSPS) is 12.8. The second-order valence-corrected chi connectivity index (χ2v) is 5.06. The lowest BCUT2D eigenvalue weighted by molar-refractivity contribution is -0.140. The van der Waals surface area contributed by atoms with Crippen molar-refractivity contribution in [3.8, 4) is 0 Å². The number of carbonyl (C=O) groups excluding carboxylic acids is 3. The number of hydrogen-bond donors (Lipinski definition) is 7. The number of amides is 3. The van der Waals surface area contributed by atoms with E-state index in [-0.39, 0.29) is 25.5 Å². The minimum absolute atomic E-state index is 0.0715. The fraction of sp³-hybridized carbons (Fsp3) is 0.667. The van der Waals surface area contributed by atoms with Crippen molar-refractivity contribution in [1.82, 2.24) is 21.3 Å². The summed E-state index contributed by atoms with van der Waals surface area (Å²) in [5.41, 5.74) is 5.60. The molecule has 2 atom stereocenters. The Hall–Kier alpha value is -1.85. The van der Waals surface area contributed by atoms with Crippen molar-refractivity contribution in [2.45, 2.75) is 18.5 Å². The average Bonchev–Trinajstić information content (AvgIpc) is 2.49. The van der Waals surface area contributed by atoms with E-state index in [0.717, 1.165) is 0 Å². The highest BCUT2D eigenvalue weighted by molar-refractivity contribution is 7.80. The number of aliphatic carboxylic acids is 1. The zero-order chi connectivity index (χ0) is 17.8. The predicted molar refractivity (Wildman–Crippen MR) is 86.0 cm³/mol. The van der Waals surface area contributed by atoms with Crippen molar-refractivity contribution in [3.63, 3.8) is 0 Å². The number of nitrogens with one attached hydrogen (secondary N) is 4. The van der Waals surface area contributed by atoms with Crippen molar-refractivity contribution in [2.24, 2.45) is 5.73 Å². The zero-order valence-electron chi connectivity index (χ0n) is 12.8. The van der Waals surface area contributed by atoms with E-state index in [0.29, 0.717) is 5.75 Å². The van der Waals surface area contributed by atoms with E-state index in [4.69, 9.17) is 10.8 Å². The third kappa shape index (κ3) is 9.71. The molecule has 0 saturated carbocycles. The van der Waals surface area contributed by atoms with Gasteiger partial charge in [-0.25, -0.2) is 0 Å². The fourth-order valence-corrected chi connectivity index (χ4v) is 1.62. The van der Waals surface area contributed by atoms with Crippen LogP contribution in [0.3, 0.4) is 0 Å². The van der Waals surface area contributed by atoms with Crippen LogP contribution in [0.5, 0.6) is 0 Å². The largest absolute Gasteiger partial charge is 0.481 e. The number of likely N-dealkylation sites (N-methyl/N-ethyl adjacent to an activating group) is 1. The Morgan fingerprint density at radius 3 is 2.35 bits per heavy atom. The molecule has 0 aliphatic heterocycles. The summed E-state index contributed by atoms with van der Waals surface area (Å²) in [6, 6.07) is -2.36. The molecule has 23 heavy (non-hydrogen) atoms. The molecule has 0 aliphatic rings. The first-order valence-electron chi connectivity index (χ1n) is 6.89. The molecule has 2 unspecified atom stereocenters. The van der Waals surface area contributed by atoms with Gasteiger partial charge in [0.05, 0.1) is 13.0 Å². The van der Waals surface area contributed by atoms with Crippen LogP contribution < -0.4 is 27.0 Å². The van der Waals surface area contributed by atoms with Gasteiger partial charge in [-0.05, 0) is 7.05 Å². The third-order valence-corrected chi connectivity index (χ3v) is 2.84. The third-order valence-electron chi connectivity index (χ3n) is 2.62. The highest BCUT2D eigenvalue weighted by Crippen LogP contribution is 1.94. The smallest absolute Gasteiger partial charge is 0.305 e. The molecule has 0 aromatic carbocycles. The Bertz CT molecular complexity index is 434. The molecule has 0 bridgehead atoms. The summed E-state index contributed by atoms with van der Waals surface area (Å²) in [5.74, 6) is -2.59. The van der Waals surface area contributed by atoms with Crippen LogP contribution in [0.15, 0.2) is 0 Å². The van der Waals surface area contributed by atoms with Gasteiger partial charge in [0.15, 0.2) is 0 Å². The summed E-state index contributed by atoms with van der Waals surface area (Å²) in [7, 11) is 1.59. The first kappa shape index (κ1) is 21.1. The number of carboxylic acids is 1. The van der Waals surface area contributed by atoms with Gasteiger partial charge in [0.1, 0.15) is 12.1 Å². The lowest BCUT2D eigenvalue weighted by Crippen LogP contribution is -2.55. The van der Waals surface area contributed by atoms with Gasteiger partial charge in [-0.2, -0.15) is 12.6 Å². The Balaban J connectivity index is 4.53. The molecule has 3 amide bonds. The van der Waals surface area contributed by atoms with Crippen LogP contribution in [0, 0.1) is 0 Å². The molecular formula is C12H23N5O5S. The van der Waals surface area contributed by atoms with Crippen LogP contribution >= 0.6 is 12.6 Å². The minimum atomic E-state index is -1.25. The maximum absolute atomic E-state index is 11.9. The standard InChI is InChI=1S/C12H23N5O5S/c1-14-6-9(18)16-5-7(13)11(21)17-8(4-10(19)20)12(22)15-2-3-23/h7-8,14,23H,2-6,13H2,1H3,(H,15,22)(H,16,18)(H,17,21)(H,19,20). The second-order valence-electron chi connectivity index (χ2n) is 4.61. The SMILES string of the molecule is CNCC(=O)NCC(N)C(=O)NC(CC(=O)O)C(=O)NCCS. The van der Waals surface area contributed by atoms with Crippen LogP contribution in [-0.4, -0.2) is 73.3 Å². The first-order chi connectivity index (χ1) is 10.8. The van der Waals surface area contributed by atoms with Gasteiger partial charge >= 0.3 is 5.97 Å². The van der Waals surface area contributed by atoms with Crippen molar-refractivity contribution in [3.05, 3.63) is 0 Å². The maximum Gasteiger partial charge on any atom is 0.305 e. The van der Waals surface area contributed by atoms with Gasteiger partial charge in [0.2, 0.25) is 17.7 Å². The van der Waals surface area contributed by atoms with Crippen LogP contribution in [0.25, 0.3) is 0 Å². The molecule has 0 saturated heterocycles. The van der Waals surface area contributed by atoms with Crippen molar-refractivity contribution >= 4 is 36.3 Å². The number of thiol groups is 1. The van der Waals surface area contributed by atoms with Gasteiger partial charge < -0.3 is 32.1 Å². The van der Waals surface area contributed by atoms with Gasteiger partial charge in [0, 0.05) is 18.8 Å². The van der Waals surface area contributed by atoms with Crippen molar-refractivity contribution < 1.29 is 24.3 Å². The maximum atomic E-state index is 11.9. The molecule has 11 heteroatoms. The molecule has 0 aliphatic carbocycles. The lowest BCUT2D eigenvalue weighted by Gasteiger charge is -2.19. The fourth-order valence-electron chi connectivity index (χ4n) is 1.50. The van der Waals surface area contributed by atoms with Crippen LogP contribution in [0.1, 0.15) is 6.42 Å². The molecule has 0 radical (unpaired) electrons. The summed E-state index contributed by atoms with van der Waals surface area (Å²) < 4.78 is 0. The molecule has 0 rings (SSSR count). The highest BCUT2D eigenvalue weighted by atomic mass is 32.1. The van der Waals surface area contributed by atoms with Crippen molar-refractivity contribution in [2.75, 3.05) is 32.4 Å². The molecule has 0 aromatic heterocycles. The number of rotatable bonds is 11. The predicted octanol–water partition coefficient (Wildman–Crippen LogP) is -3.35. The Morgan fingerprint density at radius 1 is 1.17 bits per heavy atom. The summed E-state index contributed by atoms with van der Waals surface area (Å²) in [4.78, 5) is 45.7. The molecular weight excluding hydrogens is 326 g/mol. The quantitative estimate of drug-likeness (QED) is 0.192. The second kappa shape index (κ2) is 11.7. The topological polar surface area (TPSA) is 163 Å². The van der Waals surface area contributed by atoms with E-state index < -0.39 is 36.3 Å². The van der Waals surface area contributed by atoms with Crippen molar-refractivity contribution in [1.29, 1.82) is 0 Å². The number of carbonyl (C=O) groups is 4. The molecule has 10 nitrogen and oxygen atoms in total. The molecule has 0 spiro atoms. The first-order valence-corrected chi connectivity index (χ1v) is 7.52. The van der Waals surface area contributed by atoms with Gasteiger partial charge in [-0.15, -0.1) is 0 Å². The summed E-state index contributed by atoms with van der Waals surface area (Å²) in [5, 5.41) is 18.6. The van der Waals surface area contributed by atoms with E-state index in [1.54, 1.807) is 7.05 Å². The molecule has 0 fully saturated rings. The number of hydrogen-bond acceptors (Lipinski definition) is 7.